The molecule has 1 aromatic carbocycles. The van der Waals surface area contributed by atoms with Crippen molar-refractivity contribution in [3.05, 3.63) is 17.7 Å². The van der Waals surface area contributed by atoms with E-state index in [2.05, 4.69) is 26.5 Å². The highest BCUT2D eigenvalue weighted by Crippen LogP contribution is 2.34. The van der Waals surface area contributed by atoms with Crippen molar-refractivity contribution < 1.29 is 13.5 Å². The van der Waals surface area contributed by atoms with E-state index in [0.717, 1.165) is 63.4 Å². The highest BCUT2D eigenvalue weighted by atomic mass is 19.3. The lowest BCUT2D eigenvalue weighted by atomic mass is 10.0. The fraction of sp³-hybridized carbons (Fsp3) is 0.667. The Kier molecular flexibility index (Phi) is 5.64. The standard InChI is InChI=1S/C18H28F2N4O/c1-13-11-15(21)17(25-18(19)20)12-16(13)24-5-3-14(4-6-24)23-9-7-22(2)8-10-23/h11-12,14,18H,3-10,21H2,1-2H3. The number of piperazine rings is 1. The Morgan fingerprint density at radius 3 is 2.32 bits per heavy atom. The summed E-state index contributed by atoms with van der Waals surface area (Å²) in [4.78, 5) is 7.23. The summed E-state index contributed by atoms with van der Waals surface area (Å²) in [6.07, 6.45) is 2.19. The van der Waals surface area contributed by atoms with Crippen molar-refractivity contribution in [3.8, 4) is 5.75 Å². The summed E-state index contributed by atoms with van der Waals surface area (Å²) in [5.74, 6) is 0.0665. The molecule has 25 heavy (non-hydrogen) atoms. The molecule has 0 bridgehead atoms. The molecule has 2 aliphatic rings. The van der Waals surface area contributed by atoms with Gasteiger partial charge < -0.3 is 20.3 Å². The molecule has 0 amide bonds. The molecule has 7 heteroatoms. The number of likely N-dealkylation sites (N-methyl/N-ethyl adjacent to an activating group) is 1. The van der Waals surface area contributed by atoms with E-state index in [9.17, 15) is 8.78 Å². The number of nitrogens with zero attached hydrogens (tertiary/aromatic N) is 3. The maximum atomic E-state index is 12.6. The lowest BCUT2D eigenvalue weighted by Crippen LogP contribution is -2.52. The zero-order chi connectivity index (χ0) is 18.0. The van der Waals surface area contributed by atoms with Crippen LogP contribution >= 0.6 is 0 Å². The summed E-state index contributed by atoms with van der Waals surface area (Å²) in [7, 11) is 2.17. The average Bonchev–Trinajstić information content (AvgIpc) is 2.58. The molecule has 0 atom stereocenters. The SMILES string of the molecule is Cc1cc(N)c(OC(F)F)cc1N1CCC(N2CCN(C)CC2)CC1. The van der Waals surface area contributed by atoms with Gasteiger partial charge >= 0.3 is 6.61 Å². The third kappa shape index (κ3) is 4.33. The molecular weight excluding hydrogens is 326 g/mol. The van der Waals surface area contributed by atoms with Crippen molar-refractivity contribution in [2.45, 2.75) is 32.4 Å². The number of hydrogen-bond acceptors (Lipinski definition) is 5. The maximum absolute atomic E-state index is 12.6. The number of nitrogen functional groups attached to an aromatic ring is 1. The van der Waals surface area contributed by atoms with Crippen LogP contribution in [0, 0.1) is 6.92 Å². The minimum absolute atomic E-state index is 0.0665. The summed E-state index contributed by atoms with van der Waals surface area (Å²) < 4.78 is 29.7. The number of rotatable bonds is 4. The van der Waals surface area contributed by atoms with Gasteiger partial charge in [0.2, 0.25) is 0 Å². The van der Waals surface area contributed by atoms with E-state index in [4.69, 9.17) is 5.73 Å². The molecule has 2 aliphatic heterocycles. The third-order valence-electron chi connectivity index (χ3n) is 5.40. The van der Waals surface area contributed by atoms with Gasteiger partial charge in [0.15, 0.2) is 5.75 Å². The van der Waals surface area contributed by atoms with E-state index in [-0.39, 0.29) is 11.4 Å². The summed E-state index contributed by atoms with van der Waals surface area (Å²) in [6, 6.07) is 4.00. The topological polar surface area (TPSA) is 45.0 Å². The number of halogens is 2. The van der Waals surface area contributed by atoms with E-state index in [1.165, 1.54) is 0 Å². The van der Waals surface area contributed by atoms with Crippen molar-refractivity contribution in [1.82, 2.24) is 9.80 Å². The molecule has 1 aromatic rings. The van der Waals surface area contributed by atoms with E-state index in [1.807, 2.05) is 6.92 Å². The minimum Gasteiger partial charge on any atom is -0.433 e. The van der Waals surface area contributed by atoms with Gasteiger partial charge in [-0.3, -0.25) is 4.90 Å². The average molecular weight is 354 g/mol. The van der Waals surface area contributed by atoms with Crippen LogP contribution in [-0.4, -0.2) is 68.8 Å². The van der Waals surface area contributed by atoms with Crippen LogP contribution in [0.4, 0.5) is 20.2 Å². The monoisotopic (exact) mass is 354 g/mol. The van der Waals surface area contributed by atoms with Gasteiger partial charge in [0.25, 0.3) is 0 Å². The van der Waals surface area contributed by atoms with E-state index < -0.39 is 6.61 Å². The third-order valence-corrected chi connectivity index (χ3v) is 5.40. The molecule has 0 spiro atoms. The van der Waals surface area contributed by atoms with Crippen LogP contribution in [0.1, 0.15) is 18.4 Å². The lowest BCUT2D eigenvalue weighted by molar-refractivity contribution is -0.0493. The van der Waals surface area contributed by atoms with Crippen molar-refractivity contribution in [3.63, 3.8) is 0 Å². The van der Waals surface area contributed by atoms with Crippen molar-refractivity contribution in [2.24, 2.45) is 0 Å². The molecule has 0 unspecified atom stereocenters. The van der Waals surface area contributed by atoms with Gasteiger partial charge in [-0.05, 0) is 38.4 Å². The molecule has 2 fully saturated rings. The van der Waals surface area contributed by atoms with Gasteiger partial charge in [0, 0.05) is 57.1 Å². The van der Waals surface area contributed by atoms with Crippen LogP contribution in [0.15, 0.2) is 12.1 Å². The molecular formula is C18H28F2N4O. The first-order chi connectivity index (χ1) is 11.9. The maximum Gasteiger partial charge on any atom is 0.387 e. The number of nitrogens with two attached hydrogens (primary N) is 1. The molecule has 2 heterocycles. The number of anilines is 2. The Morgan fingerprint density at radius 2 is 1.72 bits per heavy atom. The second kappa shape index (κ2) is 7.74. The Labute approximate surface area is 148 Å². The van der Waals surface area contributed by atoms with Crippen LogP contribution in [0.2, 0.25) is 0 Å². The number of aryl methyl sites for hydroxylation is 1. The van der Waals surface area contributed by atoms with Crippen LogP contribution in [0.25, 0.3) is 0 Å². The van der Waals surface area contributed by atoms with Gasteiger partial charge in [-0.1, -0.05) is 0 Å². The van der Waals surface area contributed by atoms with Gasteiger partial charge in [-0.25, -0.2) is 0 Å². The second-order valence-corrected chi connectivity index (χ2v) is 7.11. The predicted octanol–water partition coefficient (Wildman–Crippen LogP) is 2.39. The lowest BCUT2D eigenvalue weighted by Gasteiger charge is -2.43. The predicted molar refractivity (Wildman–Crippen MR) is 96.5 cm³/mol. The van der Waals surface area contributed by atoms with Crippen LogP contribution in [-0.2, 0) is 0 Å². The van der Waals surface area contributed by atoms with Gasteiger partial charge in [-0.15, -0.1) is 0 Å². The Bertz CT molecular complexity index is 583. The molecule has 2 saturated heterocycles. The smallest absolute Gasteiger partial charge is 0.387 e. The first-order valence-corrected chi connectivity index (χ1v) is 8.96. The fourth-order valence-corrected chi connectivity index (χ4v) is 3.90. The summed E-state index contributed by atoms with van der Waals surface area (Å²) in [5.41, 5.74) is 8.01. The second-order valence-electron chi connectivity index (χ2n) is 7.11. The Hall–Kier alpha value is -1.60. The summed E-state index contributed by atoms with van der Waals surface area (Å²) in [6.45, 7) is 5.48. The molecule has 0 aromatic heterocycles. The Morgan fingerprint density at radius 1 is 1.08 bits per heavy atom. The van der Waals surface area contributed by atoms with Crippen molar-refractivity contribution in [1.29, 1.82) is 0 Å². The molecule has 0 aliphatic carbocycles. The normalized spacial score (nSPS) is 21.1. The number of ether oxygens (including phenoxy) is 1. The summed E-state index contributed by atoms with van der Waals surface area (Å²) >= 11 is 0. The van der Waals surface area contributed by atoms with Gasteiger partial charge in [-0.2, -0.15) is 8.78 Å². The highest BCUT2D eigenvalue weighted by Gasteiger charge is 2.27. The Balaban J connectivity index is 1.64. The quantitative estimate of drug-likeness (QED) is 0.842. The zero-order valence-electron chi connectivity index (χ0n) is 15.0. The van der Waals surface area contributed by atoms with Crippen molar-refractivity contribution in [2.75, 3.05) is 56.9 Å². The summed E-state index contributed by atoms with van der Waals surface area (Å²) in [5, 5.41) is 0. The molecule has 140 valence electrons. The molecule has 0 radical (unpaired) electrons. The molecule has 3 rings (SSSR count). The van der Waals surface area contributed by atoms with E-state index in [1.54, 1.807) is 12.1 Å². The number of piperidine rings is 1. The zero-order valence-corrected chi connectivity index (χ0v) is 15.0. The van der Waals surface area contributed by atoms with Crippen molar-refractivity contribution >= 4 is 11.4 Å². The molecule has 5 nitrogen and oxygen atoms in total. The van der Waals surface area contributed by atoms with E-state index >= 15 is 0 Å². The first kappa shape index (κ1) is 18.2. The van der Waals surface area contributed by atoms with Gasteiger partial charge in [0.05, 0.1) is 5.69 Å². The van der Waals surface area contributed by atoms with Crippen LogP contribution in [0.3, 0.4) is 0 Å². The number of hydrogen-bond donors (Lipinski definition) is 1. The number of benzene rings is 1. The fourth-order valence-electron chi connectivity index (χ4n) is 3.90. The first-order valence-electron chi connectivity index (χ1n) is 8.96. The molecule has 2 N–H and O–H groups in total. The largest absolute Gasteiger partial charge is 0.433 e. The highest BCUT2D eigenvalue weighted by molar-refractivity contribution is 5.66. The minimum atomic E-state index is -2.86. The van der Waals surface area contributed by atoms with Gasteiger partial charge in [0.1, 0.15) is 0 Å². The van der Waals surface area contributed by atoms with E-state index in [0.29, 0.717) is 6.04 Å². The van der Waals surface area contributed by atoms with Crippen LogP contribution < -0.4 is 15.4 Å². The number of alkyl halides is 2. The molecule has 0 saturated carbocycles. The van der Waals surface area contributed by atoms with Crippen LogP contribution in [0.5, 0.6) is 5.75 Å².